The Morgan fingerprint density at radius 1 is 0.870 bits per heavy atom. The van der Waals surface area contributed by atoms with Gasteiger partial charge in [0.25, 0.3) is 10.0 Å². The van der Waals surface area contributed by atoms with Gasteiger partial charge in [-0.2, -0.15) is 0 Å². The number of sulfonamides is 1. The van der Waals surface area contributed by atoms with E-state index in [4.69, 9.17) is 27.9 Å². The smallest absolute Gasteiger partial charge is 0.264 e. The van der Waals surface area contributed by atoms with Gasteiger partial charge in [-0.25, -0.2) is 8.42 Å². The third kappa shape index (κ3) is 9.02. The number of carbonyl (C=O) groups excluding carboxylic acids is 2. The highest BCUT2D eigenvalue weighted by Gasteiger charge is 2.36. The first-order valence-electron chi connectivity index (χ1n) is 14.6. The lowest BCUT2D eigenvalue weighted by molar-refractivity contribution is -0.140. The van der Waals surface area contributed by atoms with Crippen LogP contribution in [0.5, 0.6) is 5.75 Å². The highest BCUT2D eigenvalue weighted by atomic mass is 35.5. The summed E-state index contributed by atoms with van der Waals surface area (Å²) in [6, 6.07) is 27.5. The third-order valence-corrected chi connectivity index (χ3v) is 9.48. The van der Waals surface area contributed by atoms with Crippen molar-refractivity contribution < 1.29 is 22.7 Å². The molecular formula is C35H37Cl2N3O5S. The Balaban J connectivity index is 1.83. The van der Waals surface area contributed by atoms with Crippen LogP contribution in [0.25, 0.3) is 0 Å². The Bertz CT molecular complexity index is 1760. The minimum absolute atomic E-state index is 0.0421. The van der Waals surface area contributed by atoms with Crippen molar-refractivity contribution in [3.8, 4) is 5.75 Å². The van der Waals surface area contributed by atoms with Gasteiger partial charge in [0, 0.05) is 28.5 Å². The first-order chi connectivity index (χ1) is 21.8. The number of amides is 2. The summed E-state index contributed by atoms with van der Waals surface area (Å²) < 4.78 is 34.5. The van der Waals surface area contributed by atoms with E-state index < -0.39 is 34.1 Å². The molecule has 4 rings (SSSR count). The number of rotatable bonds is 12. The fourth-order valence-corrected chi connectivity index (χ4v) is 6.64. The van der Waals surface area contributed by atoms with Gasteiger partial charge >= 0.3 is 0 Å². The second-order valence-electron chi connectivity index (χ2n) is 11.7. The molecule has 2 amide bonds. The molecule has 0 unspecified atom stereocenters. The van der Waals surface area contributed by atoms with Gasteiger partial charge in [0.2, 0.25) is 11.8 Å². The Kier molecular flexibility index (Phi) is 11.4. The van der Waals surface area contributed by atoms with E-state index in [0.29, 0.717) is 21.4 Å². The molecule has 0 spiro atoms. The average molecular weight is 683 g/mol. The fraction of sp³-hybridized carbons (Fsp3) is 0.257. The summed E-state index contributed by atoms with van der Waals surface area (Å²) >= 11 is 12.8. The maximum Gasteiger partial charge on any atom is 0.264 e. The molecule has 46 heavy (non-hydrogen) atoms. The van der Waals surface area contributed by atoms with Crippen LogP contribution in [-0.4, -0.2) is 50.4 Å². The van der Waals surface area contributed by atoms with Crippen LogP contribution in [0.1, 0.15) is 31.9 Å². The topological polar surface area (TPSA) is 96.0 Å². The van der Waals surface area contributed by atoms with Gasteiger partial charge in [0.15, 0.2) is 0 Å². The zero-order valence-electron chi connectivity index (χ0n) is 26.1. The minimum Gasteiger partial charge on any atom is -0.497 e. The molecule has 0 saturated heterocycles. The van der Waals surface area contributed by atoms with Gasteiger partial charge in [-0.05, 0) is 80.4 Å². The van der Waals surface area contributed by atoms with Gasteiger partial charge < -0.3 is 15.0 Å². The van der Waals surface area contributed by atoms with Crippen LogP contribution in [0.3, 0.4) is 0 Å². The van der Waals surface area contributed by atoms with Crippen LogP contribution in [-0.2, 0) is 32.6 Å². The molecule has 0 aliphatic carbocycles. The highest BCUT2D eigenvalue weighted by Crippen LogP contribution is 2.29. The number of halogens is 2. The monoisotopic (exact) mass is 681 g/mol. The molecule has 0 saturated carbocycles. The maximum atomic E-state index is 14.6. The van der Waals surface area contributed by atoms with E-state index in [1.165, 1.54) is 42.3 Å². The number of methoxy groups -OCH3 is 1. The second kappa shape index (κ2) is 15.0. The van der Waals surface area contributed by atoms with Crippen LogP contribution < -0.4 is 14.4 Å². The molecular weight excluding hydrogens is 645 g/mol. The summed E-state index contributed by atoms with van der Waals surface area (Å²) in [5.74, 6) is -0.519. The second-order valence-corrected chi connectivity index (χ2v) is 14.4. The maximum absolute atomic E-state index is 14.6. The normalized spacial score (nSPS) is 12.2. The van der Waals surface area contributed by atoms with Crippen LogP contribution in [0, 0.1) is 0 Å². The Hall–Kier alpha value is -4.05. The molecule has 0 bridgehead atoms. The summed E-state index contributed by atoms with van der Waals surface area (Å²) in [6.07, 6.45) is 0.182. The summed E-state index contributed by atoms with van der Waals surface area (Å²) in [5, 5.41) is 3.71. The third-order valence-electron chi connectivity index (χ3n) is 7.09. The highest BCUT2D eigenvalue weighted by molar-refractivity contribution is 7.92. The zero-order valence-corrected chi connectivity index (χ0v) is 28.4. The van der Waals surface area contributed by atoms with Crippen molar-refractivity contribution in [2.75, 3.05) is 18.0 Å². The molecule has 4 aromatic rings. The van der Waals surface area contributed by atoms with Crippen molar-refractivity contribution >= 4 is 50.7 Å². The predicted octanol–water partition coefficient (Wildman–Crippen LogP) is 6.75. The number of benzene rings is 4. The van der Waals surface area contributed by atoms with Gasteiger partial charge in [-0.1, -0.05) is 77.8 Å². The number of hydrogen-bond donors (Lipinski definition) is 1. The molecule has 0 aliphatic heterocycles. The van der Waals surface area contributed by atoms with E-state index in [2.05, 4.69) is 5.32 Å². The molecule has 0 aliphatic rings. The van der Waals surface area contributed by atoms with Crippen molar-refractivity contribution in [2.45, 2.75) is 50.2 Å². The van der Waals surface area contributed by atoms with Gasteiger partial charge in [0.05, 0.1) is 17.7 Å². The van der Waals surface area contributed by atoms with E-state index in [1.54, 1.807) is 42.5 Å². The SMILES string of the molecule is COc1ccc(S(=O)(=O)N(CC(=O)N(Cc2ccccc2Cl)[C@@H](Cc2ccccc2)C(=O)NC(C)(C)C)c2cccc(Cl)c2)cc1. The number of hydrogen-bond acceptors (Lipinski definition) is 5. The summed E-state index contributed by atoms with van der Waals surface area (Å²) in [4.78, 5) is 29.9. The molecule has 0 heterocycles. The lowest BCUT2D eigenvalue weighted by Gasteiger charge is -2.35. The van der Waals surface area contributed by atoms with Crippen molar-refractivity contribution in [1.82, 2.24) is 10.2 Å². The molecule has 11 heteroatoms. The number of nitrogens with one attached hydrogen (secondary N) is 1. The van der Waals surface area contributed by atoms with Crippen LogP contribution >= 0.6 is 23.2 Å². The first kappa shape index (κ1) is 34.8. The molecule has 1 atom stereocenters. The summed E-state index contributed by atoms with van der Waals surface area (Å²) in [7, 11) is -2.81. The Morgan fingerprint density at radius 3 is 2.13 bits per heavy atom. The quantitative estimate of drug-likeness (QED) is 0.178. The van der Waals surface area contributed by atoms with Crippen LogP contribution in [0.15, 0.2) is 108 Å². The predicted molar refractivity (Wildman–Crippen MR) is 183 cm³/mol. The molecule has 8 nitrogen and oxygen atoms in total. The van der Waals surface area contributed by atoms with E-state index in [-0.39, 0.29) is 29.5 Å². The van der Waals surface area contributed by atoms with Gasteiger partial charge in [-0.15, -0.1) is 0 Å². The van der Waals surface area contributed by atoms with Crippen molar-refractivity contribution in [1.29, 1.82) is 0 Å². The van der Waals surface area contributed by atoms with E-state index in [0.717, 1.165) is 9.87 Å². The number of anilines is 1. The zero-order chi connectivity index (χ0) is 33.5. The first-order valence-corrected chi connectivity index (χ1v) is 16.8. The molecule has 1 N–H and O–H groups in total. The fourth-order valence-electron chi connectivity index (χ4n) is 4.85. The van der Waals surface area contributed by atoms with Crippen LogP contribution in [0.4, 0.5) is 5.69 Å². The minimum atomic E-state index is -4.29. The number of nitrogens with zero attached hydrogens (tertiary/aromatic N) is 2. The summed E-state index contributed by atoms with van der Waals surface area (Å²) in [6.45, 7) is 4.90. The number of carbonyl (C=O) groups is 2. The lowest BCUT2D eigenvalue weighted by Crippen LogP contribution is -2.56. The summed E-state index contributed by atoms with van der Waals surface area (Å²) in [5.41, 5.74) is 1.01. The Labute approximate surface area is 280 Å². The average Bonchev–Trinajstić information content (AvgIpc) is 3.01. The van der Waals surface area contributed by atoms with Crippen molar-refractivity contribution in [2.24, 2.45) is 0 Å². The largest absolute Gasteiger partial charge is 0.497 e. The van der Waals surface area contributed by atoms with Crippen molar-refractivity contribution in [3.63, 3.8) is 0 Å². The molecule has 0 radical (unpaired) electrons. The van der Waals surface area contributed by atoms with Crippen molar-refractivity contribution in [3.05, 3.63) is 124 Å². The van der Waals surface area contributed by atoms with Gasteiger partial charge in [0.1, 0.15) is 18.3 Å². The molecule has 0 aromatic heterocycles. The number of ether oxygens (including phenoxy) is 1. The molecule has 4 aromatic carbocycles. The van der Waals surface area contributed by atoms with Crippen LogP contribution in [0.2, 0.25) is 10.0 Å². The standard InChI is InChI=1S/C35H37Cl2N3O5S/c1-35(2,3)38-34(42)32(21-25-11-6-5-7-12-25)39(23-26-13-8-9-16-31(26)37)33(41)24-40(28-15-10-14-27(36)22-28)46(43,44)30-19-17-29(45-4)18-20-30/h5-20,22,32H,21,23-24H2,1-4H3,(H,38,42)/t32-/m0/s1. The van der Waals surface area contributed by atoms with Gasteiger partial charge in [-0.3, -0.25) is 13.9 Å². The molecule has 242 valence electrons. The Morgan fingerprint density at radius 2 is 1.52 bits per heavy atom. The van der Waals surface area contributed by atoms with E-state index in [9.17, 15) is 18.0 Å². The van der Waals surface area contributed by atoms with E-state index in [1.807, 2.05) is 51.1 Å². The van der Waals surface area contributed by atoms with E-state index >= 15 is 0 Å². The lowest BCUT2D eigenvalue weighted by atomic mass is 10.0. The molecule has 0 fully saturated rings.